The topological polar surface area (TPSA) is 81.8 Å². The Balaban J connectivity index is 3.10. The lowest BCUT2D eigenvalue weighted by molar-refractivity contribution is 0.0600. The largest absolute Gasteiger partial charge is 0.496 e. The Labute approximate surface area is 100 Å². The first-order valence-corrected chi connectivity index (χ1v) is 5.28. The molecule has 5 heteroatoms. The van der Waals surface area contributed by atoms with Gasteiger partial charge in [-0.3, -0.25) is 0 Å². The second-order valence-corrected chi connectivity index (χ2v) is 3.54. The van der Waals surface area contributed by atoms with E-state index in [-0.39, 0.29) is 0 Å². The van der Waals surface area contributed by atoms with Crippen molar-refractivity contribution < 1.29 is 19.4 Å². The van der Waals surface area contributed by atoms with E-state index in [1.165, 1.54) is 14.2 Å². The van der Waals surface area contributed by atoms with Gasteiger partial charge in [0.05, 0.1) is 25.9 Å². The third-order valence-electron chi connectivity index (χ3n) is 2.45. The summed E-state index contributed by atoms with van der Waals surface area (Å²) in [5.74, 6) is 0.0763. The minimum atomic E-state index is -0.750. The fraction of sp³-hybridized carbons (Fsp3) is 0.417. The van der Waals surface area contributed by atoms with Crippen molar-refractivity contribution in [3.8, 4) is 5.75 Å². The van der Waals surface area contributed by atoms with Gasteiger partial charge in [0.1, 0.15) is 5.75 Å². The number of esters is 1. The van der Waals surface area contributed by atoms with Crippen LogP contribution in [-0.2, 0) is 4.74 Å². The number of benzene rings is 1. The Bertz CT molecular complexity index is 392. The molecule has 0 saturated carbocycles. The normalized spacial score (nSPS) is 12.0. The first kappa shape index (κ1) is 13.5. The monoisotopic (exact) mass is 239 g/mol. The molecule has 0 radical (unpaired) electrons. The number of hydrogen-bond donors (Lipinski definition) is 2. The summed E-state index contributed by atoms with van der Waals surface area (Å²) in [5, 5.41) is 9.90. The third-order valence-corrected chi connectivity index (χ3v) is 2.45. The van der Waals surface area contributed by atoms with Gasteiger partial charge in [-0.25, -0.2) is 4.79 Å². The molecule has 0 aliphatic rings. The second kappa shape index (κ2) is 6.22. The molecule has 0 unspecified atom stereocenters. The molecule has 1 atom stereocenters. The van der Waals surface area contributed by atoms with E-state index in [2.05, 4.69) is 4.74 Å². The minimum absolute atomic E-state index is 0.354. The molecule has 1 aromatic carbocycles. The number of nitrogens with two attached hydrogens (primary N) is 1. The van der Waals surface area contributed by atoms with Crippen molar-refractivity contribution in [1.82, 2.24) is 0 Å². The van der Waals surface area contributed by atoms with Crippen LogP contribution in [0.5, 0.6) is 5.75 Å². The molecule has 0 amide bonds. The summed E-state index contributed by atoms with van der Waals surface area (Å²) in [6.07, 6.45) is -0.347. The Kier molecular flexibility index (Phi) is 4.93. The second-order valence-electron chi connectivity index (χ2n) is 3.54. The summed E-state index contributed by atoms with van der Waals surface area (Å²) in [6.45, 7) is 0.354. The zero-order valence-electron chi connectivity index (χ0n) is 9.97. The molecule has 0 bridgehead atoms. The molecule has 0 aromatic heterocycles. The number of methoxy groups -OCH3 is 2. The van der Waals surface area contributed by atoms with E-state index >= 15 is 0 Å². The van der Waals surface area contributed by atoms with Gasteiger partial charge in [-0.05, 0) is 31.2 Å². The summed E-state index contributed by atoms with van der Waals surface area (Å²) < 4.78 is 9.75. The van der Waals surface area contributed by atoms with Crippen LogP contribution in [0.4, 0.5) is 0 Å². The molecule has 0 aliphatic heterocycles. The molecule has 17 heavy (non-hydrogen) atoms. The molecule has 0 fully saturated rings. The van der Waals surface area contributed by atoms with E-state index in [4.69, 9.17) is 10.5 Å². The van der Waals surface area contributed by atoms with E-state index in [9.17, 15) is 9.90 Å². The molecule has 5 nitrogen and oxygen atoms in total. The molecule has 94 valence electrons. The summed E-state index contributed by atoms with van der Waals surface area (Å²) in [6, 6.07) is 4.77. The zero-order chi connectivity index (χ0) is 12.8. The van der Waals surface area contributed by atoms with Crippen LogP contribution in [0, 0.1) is 0 Å². The lowest BCUT2D eigenvalue weighted by Crippen LogP contribution is -2.09. The van der Waals surface area contributed by atoms with Gasteiger partial charge < -0.3 is 20.3 Å². The number of ether oxygens (including phenoxy) is 2. The van der Waals surface area contributed by atoms with Crippen LogP contribution in [0.25, 0.3) is 0 Å². The highest BCUT2D eigenvalue weighted by atomic mass is 16.5. The molecule has 3 N–H and O–H groups in total. The third kappa shape index (κ3) is 3.18. The molecular formula is C12H17NO4. The Morgan fingerprint density at radius 2 is 2.18 bits per heavy atom. The molecule has 0 heterocycles. The molecule has 1 aromatic rings. The van der Waals surface area contributed by atoms with Crippen LogP contribution in [-0.4, -0.2) is 31.8 Å². The van der Waals surface area contributed by atoms with Gasteiger partial charge in [0.15, 0.2) is 0 Å². The predicted octanol–water partition coefficient (Wildman–Crippen LogP) is 0.864. The summed E-state index contributed by atoms with van der Waals surface area (Å²) in [5.41, 5.74) is 6.31. The highest BCUT2D eigenvalue weighted by Gasteiger charge is 2.16. The number of carbonyl (C=O) groups is 1. The van der Waals surface area contributed by atoms with Crippen molar-refractivity contribution in [2.24, 2.45) is 5.73 Å². The SMILES string of the molecule is COC(=O)c1ccc(OC)c([C@@H](O)CCN)c1. The van der Waals surface area contributed by atoms with Crippen LogP contribution >= 0.6 is 0 Å². The van der Waals surface area contributed by atoms with Gasteiger partial charge in [-0.2, -0.15) is 0 Å². The number of aliphatic hydroxyl groups is 1. The summed E-state index contributed by atoms with van der Waals surface area (Å²) in [7, 11) is 2.81. The Hall–Kier alpha value is -1.59. The molecular weight excluding hydrogens is 222 g/mol. The zero-order valence-corrected chi connectivity index (χ0v) is 9.97. The molecule has 0 saturated heterocycles. The summed E-state index contributed by atoms with van der Waals surface area (Å²) in [4.78, 5) is 11.4. The van der Waals surface area contributed by atoms with Gasteiger partial charge >= 0.3 is 5.97 Å². The summed E-state index contributed by atoms with van der Waals surface area (Å²) >= 11 is 0. The van der Waals surface area contributed by atoms with Crippen LogP contribution in [0.3, 0.4) is 0 Å². The van der Waals surface area contributed by atoms with Crippen LogP contribution in [0.15, 0.2) is 18.2 Å². The number of aliphatic hydroxyl groups excluding tert-OH is 1. The van der Waals surface area contributed by atoms with Crippen LogP contribution < -0.4 is 10.5 Å². The van der Waals surface area contributed by atoms with Crippen LogP contribution in [0.2, 0.25) is 0 Å². The highest BCUT2D eigenvalue weighted by Crippen LogP contribution is 2.28. The fourth-order valence-corrected chi connectivity index (χ4v) is 1.55. The maximum atomic E-state index is 11.4. The number of hydrogen-bond acceptors (Lipinski definition) is 5. The maximum absolute atomic E-state index is 11.4. The molecule has 1 rings (SSSR count). The standard InChI is InChI=1S/C12H17NO4/c1-16-11-4-3-8(12(15)17-2)7-9(11)10(14)5-6-13/h3-4,7,10,14H,5-6,13H2,1-2H3/t10-/m0/s1. The number of carbonyl (C=O) groups excluding carboxylic acids is 1. The Morgan fingerprint density at radius 1 is 1.47 bits per heavy atom. The van der Waals surface area contributed by atoms with Crippen molar-refractivity contribution in [3.63, 3.8) is 0 Å². The predicted molar refractivity (Wildman–Crippen MR) is 63.0 cm³/mol. The van der Waals surface area contributed by atoms with Crippen molar-refractivity contribution in [3.05, 3.63) is 29.3 Å². The van der Waals surface area contributed by atoms with Crippen molar-refractivity contribution >= 4 is 5.97 Å². The van der Waals surface area contributed by atoms with Gasteiger partial charge in [-0.1, -0.05) is 0 Å². The lowest BCUT2D eigenvalue weighted by atomic mass is 10.0. The first-order valence-electron chi connectivity index (χ1n) is 5.28. The van der Waals surface area contributed by atoms with Crippen molar-refractivity contribution in [1.29, 1.82) is 0 Å². The quantitative estimate of drug-likeness (QED) is 0.745. The first-order chi connectivity index (χ1) is 8.13. The van der Waals surface area contributed by atoms with Gasteiger partial charge in [0.25, 0.3) is 0 Å². The molecule has 0 spiro atoms. The fourth-order valence-electron chi connectivity index (χ4n) is 1.55. The lowest BCUT2D eigenvalue weighted by Gasteiger charge is -2.15. The van der Waals surface area contributed by atoms with E-state index in [1.807, 2.05) is 0 Å². The Morgan fingerprint density at radius 3 is 2.71 bits per heavy atom. The van der Waals surface area contributed by atoms with E-state index in [0.29, 0.717) is 29.8 Å². The van der Waals surface area contributed by atoms with Crippen molar-refractivity contribution in [2.75, 3.05) is 20.8 Å². The maximum Gasteiger partial charge on any atom is 0.337 e. The van der Waals surface area contributed by atoms with Crippen molar-refractivity contribution in [2.45, 2.75) is 12.5 Å². The van der Waals surface area contributed by atoms with Gasteiger partial charge in [0.2, 0.25) is 0 Å². The van der Waals surface area contributed by atoms with E-state index in [1.54, 1.807) is 18.2 Å². The number of rotatable bonds is 5. The highest BCUT2D eigenvalue weighted by molar-refractivity contribution is 5.89. The molecule has 0 aliphatic carbocycles. The average Bonchev–Trinajstić information content (AvgIpc) is 2.37. The van der Waals surface area contributed by atoms with E-state index in [0.717, 1.165) is 0 Å². The van der Waals surface area contributed by atoms with Gasteiger partial charge in [0, 0.05) is 5.56 Å². The van der Waals surface area contributed by atoms with Gasteiger partial charge in [-0.15, -0.1) is 0 Å². The van der Waals surface area contributed by atoms with E-state index < -0.39 is 12.1 Å². The average molecular weight is 239 g/mol. The van der Waals surface area contributed by atoms with Crippen LogP contribution in [0.1, 0.15) is 28.4 Å². The minimum Gasteiger partial charge on any atom is -0.496 e. The smallest absolute Gasteiger partial charge is 0.337 e.